The second-order valence-corrected chi connectivity index (χ2v) is 7.87. The topological polar surface area (TPSA) is 59.0 Å². The van der Waals surface area contributed by atoms with Crippen LogP contribution in [0.4, 0.5) is 5.82 Å². The number of amides is 1. The maximum Gasteiger partial charge on any atom is 0.239 e. The van der Waals surface area contributed by atoms with Crippen molar-refractivity contribution in [3.63, 3.8) is 0 Å². The molecule has 5 nitrogen and oxygen atoms in total. The first-order valence-corrected chi connectivity index (χ1v) is 10.3. The Hall–Kier alpha value is -2.44. The predicted molar refractivity (Wildman–Crippen MR) is 109 cm³/mol. The maximum atomic E-state index is 12.6. The summed E-state index contributed by atoms with van der Waals surface area (Å²) >= 11 is 1.69. The molecule has 3 aromatic rings. The van der Waals surface area contributed by atoms with Crippen LogP contribution in [0.5, 0.6) is 0 Å². The average Bonchev–Trinajstić information content (AvgIpc) is 3.45. The van der Waals surface area contributed by atoms with Gasteiger partial charge in [0.2, 0.25) is 5.91 Å². The van der Waals surface area contributed by atoms with E-state index in [1.54, 1.807) is 17.5 Å². The van der Waals surface area contributed by atoms with E-state index >= 15 is 0 Å². The van der Waals surface area contributed by atoms with Crippen LogP contribution < -0.4 is 10.6 Å². The number of aromatic nitrogens is 2. The Labute approximate surface area is 163 Å². The lowest BCUT2D eigenvalue weighted by molar-refractivity contribution is -0.115. The molecule has 2 N–H and O–H groups in total. The molecular weight excluding hydrogens is 356 g/mol. The van der Waals surface area contributed by atoms with Gasteiger partial charge in [-0.15, -0.1) is 11.3 Å². The first-order chi connectivity index (χ1) is 13.3. The quantitative estimate of drug-likeness (QED) is 0.640. The molecule has 2 heterocycles. The fraction of sp³-hybridized carbons (Fsp3) is 0.333. The number of carbonyl (C=O) groups is 1. The third kappa shape index (κ3) is 4.28. The molecule has 1 fully saturated rings. The normalized spacial score (nSPS) is 15.7. The van der Waals surface area contributed by atoms with E-state index in [0.717, 1.165) is 24.2 Å². The Balaban J connectivity index is 1.41. The number of hydrogen-bond donors (Lipinski definition) is 2. The fourth-order valence-electron chi connectivity index (χ4n) is 3.72. The molecule has 0 bridgehead atoms. The first kappa shape index (κ1) is 17.9. The number of nitrogens with zero attached hydrogens (tertiary/aromatic N) is 2. The molecule has 1 aliphatic rings. The smallest absolute Gasteiger partial charge is 0.239 e. The molecule has 2 aromatic heterocycles. The van der Waals surface area contributed by atoms with Crippen LogP contribution in [0, 0.1) is 0 Å². The van der Waals surface area contributed by atoms with E-state index in [9.17, 15) is 4.79 Å². The summed E-state index contributed by atoms with van der Waals surface area (Å²) < 4.78 is 1.97. The van der Waals surface area contributed by atoms with E-state index in [1.165, 1.54) is 17.7 Å². The maximum absolute atomic E-state index is 12.6. The molecule has 27 heavy (non-hydrogen) atoms. The van der Waals surface area contributed by atoms with E-state index in [-0.39, 0.29) is 18.5 Å². The number of hydrogen-bond acceptors (Lipinski definition) is 4. The van der Waals surface area contributed by atoms with Crippen molar-refractivity contribution in [3.8, 4) is 0 Å². The van der Waals surface area contributed by atoms with Gasteiger partial charge in [0.25, 0.3) is 0 Å². The summed E-state index contributed by atoms with van der Waals surface area (Å²) in [6.45, 7) is 0.243. The summed E-state index contributed by atoms with van der Waals surface area (Å²) in [6, 6.07) is 16.7. The van der Waals surface area contributed by atoms with Crippen LogP contribution in [-0.4, -0.2) is 22.2 Å². The number of thiophene rings is 1. The minimum atomic E-state index is -0.0489. The Kier molecular flexibility index (Phi) is 5.65. The summed E-state index contributed by atoms with van der Waals surface area (Å²) in [6.07, 6.45) is 6.51. The fourth-order valence-corrected chi connectivity index (χ4v) is 4.55. The lowest BCUT2D eigenvalue weighted by Crippen LogP contribution is -2.32. The number of rotatable bonds is 7. The molecule has 0 saturated heterocycles. The number of anilines is 1. The van der Waals surface area contributed by atoms with Crippen molar-refractivity contribution in [1.29, 1.82) is 0 Å². The van der Waals surface area contributed by atoms with Crippen molar-refractivity contribution in [2.24, 2.45) is 0 Å². The molecule has 0 radical (unpaired) electrons. The van der Waals surface area contributed by atoms with Gasteiger partial charge in [-0.05, 0) is 29.9 Å². The highest BCUT2D eigenvalue weighted by atomic mass is 32.1. The van der Waals surface area contributed by atoms with Crippen molar-refractivity contribution >= 4 is 23.1 Å². The minimum Gasteiger partial charge on any atom is -0.310 e. The SMILES string of the molecule is O=C(CN[C@@H](c1ccccc1)c1cccs1)Nc1ccnn1C1CCCC1. The molecule has 1 aliphatic carbocycles. The lowest BCUT2D eigenvalue weighted by atomic mass is 10.1. The molecule has 1 atom stereocenters. The number of carbonyl (C=O) groups excluding carboxylic acids is 1. The molecule has 4 rings (SSSR count). The van der Waals surface area contributed by atoms with Crippen LogP contribution in [0.25, 0.3) is 0 Å². The Morgan fingerprint density at radius 3 is 2.70 bits per heavy atom. The average molecular weight is 381 g/mol. The van der Waals surface area contributed by atoms with Gasteiger partial charge < -0.3 is 5.32 Å². The molecule has 0 aliphatic heterocycles. The van der Waals surface area contributed by atoms with Crippen LogP contribution >= 0.6 is 11.3 Å². The molecular formula is C21H24N4OS. The molecule has 0 spiro atoms. The van der Waals surface area contributed by atoms with Crippen molar-refractivity contribution in [2.75, 3.05) is 11.9 Å². The molecule has 1 saturated carbocycles. The zero-order valence-corrected chi connectivity index (χ0v) is 16.0. The Bertz CT molecular complexity index is 853. The van der Waals surface area contributed by atoms with Gasteiger partial charge in [-0.2, -0.15) is 5.10 Å². The summed E-state index contributed by atoms with van der Waals surface area (Å²) in [4.78, 5) is 13.8. The van der Waals surface area contributed by atoms with Crippen molar-refractivity contribution in [1.82, 2.24) is 15.1 Å². The highest BCUT2D eigenvalue weighted by Crippen LogP contribution is 2.31. The standard InChI is InChI=1S/C21H24N4OS/c26-20(24-19-12-13-23-25(19)17-9-4-5-10-17)15-22-21(18-11-6-14-27-18)16-7-2-1-3-8-16/h1-3,6-8,11-14,17,21-22H,4-5,9-10,15H2,(H,24,26)/t21-/m0/s1. The minimum absolute atomic E-state index is 0.0108. The van der Waals surface area contributed by atoms with Gasteiger partial charge in [0.15, 0.2) is 0 Å². The predicted octanol–water partition coefficient (Wildman–Crippen LogP) is 4.38. The van der Waals surface area contributed by atoms with E-state index < -0.39 is 0 Å². The van der Waals surface area contributed by atoms with Gasteiger partial charge in [-0.1, -0.05) is 49.2 Å². The van der Waals surface area contributed by atoms with Crippen molar-refractivity contribution in [2.45, 2.75) is 37.8 Å². The summed E-state index contributed by atoms with van der Waals surface area (Å²) in [5.74, 6) is 0.744. The second-order valence-electron chi connectivity index (χ2n) is 6.89. The van der Waals surface area contributed by atoms with Crippen LogP contribution in [0.2, 0.25) is 0 Å². The second kappa shape index (κ2) is 8.50. The molecule has 1 aromatic carbocycles. The monoisotopic (exact) mass is 380 g/mol. The zero-order valence-electron chi connectivity index (χ0n) is 15.2. The molecule has 1 amide bonds. The lowest BCUT2D eigenvalue weighted by Gasteiger charge is -2.19. The largest absolute Gasteiger partial charge is 0.310 e. The van der Waals surface area contributed by atoms with Crippen molar-refractivity contribution in [3.05, 3.63) is 70.5 Å². The molecule has 140 valence electrons. The van der Waals surface area contributed by atoms with Gasteiger partial charge in [0.05, 0.1) is 24.8 Å². The van der Waals surface area contributed by atoms with Crippen molar-refractivity contribution < 1.29 is 4.79 Å². The van der Waals surface area contributed by atoms with E-state index in [1.807, 2.05) is 35.0 Å². The highest BCUT2D eigenvalue weighted by molar-refractivity contribution is 7.10. The first-order valence-electron chi connectivity index (χ1n) is 9.46. The van der Waals surface area contributed by atoms with Crippen LogP contribution in [0.3, 0.4) is 0 Å². The zero-order chi connectivity index (χ0) is 18.5. The number of benzene rings is 1. The van der Waals surface area contributed by atoms with E-state index in [0.29, 0.717) is 6.04 Å². The van der Waals surface area contributed by atoms with Gasteiger partial charge in [0, 0.05) is 10.9 Å². The third-order valence-corrected chi connectivity index (χ3v) is 5.97. The summed E-state index contributed by atoms with van der Waals surface area (Å²) in [7, 11) is 0. The van der Waals surface area contributed by atoms with Gasteiger partial charge >= 0.3 is 0 Å². The van der Waals surface area contributed by atoms with Crippen LogP contribution in [0.15, 0.2) is 60.1 Å². The van der Waals surface area contributed by atoms with Gasteiger partial charge in [-0.3, -0.25) is 10.1 Å². The molecule has 0 unspecified atom stereocenters. The summed E-state index contributed by atoms with van der Waals surface area (Å²) in [5, 5.41) is 12.9. The van der Waals surface area contributed by atoms with Gasteiger partial charge in [-0.25, -0.2) is 4.68 Å². The summed E-state index contributed by atoms with van der Waals surface area (Å²) in [5.41, 5.74) is 1.16. The third-order valence-electron chi connectivity index (χ3n) is 5.04. The van der Waals surface area contributed by atoms with Crippen LogP contribution in [0.1, 0.15) is 48.2 Å². The van der Waals surface area contributed by atoms with Crippen LogP contribution in [-0.2, 0) is 4.79 Å². The van der Waals surface area contributed by atoms with E-state index in [4.69, 9.17) is 0 Å². The highest BCUT2D eigenvalue weighted by Gasteiger charge is 2.21. The number of nitrogens with one attached hydrogen (secondary N) is 2. The Morgan fingerprint density at radius 1 is 1.15 bits per heavy atom. The van der Waals surface area contributed by atoms with E-state index in [2.05, 4.69) is 39.3 Å². The molecule has 6 heteroatoms. The Morgan fingerprint density at radius 2 is 1.96 bits per heavy atom. The van der Waals surface area contributed by atoms with Gasteiger partial charge in [0.1, 0.15) is 5.82 Å².